The van der Waals surface area contributed by atoms with Gasteiger partial charge in [0.2, 0.25) is 5.91 Å². The highest BCUT2D eigenvalue weighted by molar-refractivity contribution is 9.10. The maximum Gasteiger partial charge on any atom is 0.219 e. The number of ether oxygens (including phenoxy) is 1. The smallest absolute Gasteiger partial charge is 0.219 e. The van der Waals surface area contributed by atoms with Crippen molar-refractivity contribution in [1.82, 2.24) is 19.5 Å². The number of carbonyl (C=O) groups excluding carboxylic acids is 1. The molecule has 0 unspecified atom stereocenters. The second-order valence-electron chi connectivity index (χ2n) is 6.63. The number of nitrogens with two attached hydrogens (primary N) is 1. The fourth-order valence-electron chi connectivity index (χ4n) is 3.44. The Morgan fingerprint density at radius 3 is 2.81 bits per heavy atom. The molecule has 4 rings (SSSR count). The van der Waals surface area contributed by atoms with E-state index in [4.69, 9.17) is 10.5 Å². The van der Waals surface area contributed by atoms with Crippen LogP contribution in [0.1, 0.15) is 19.8 Å². The van der Waals surface area contributed by atoms with Crippen LogP contribution in [-0.2, 0) is 4.79 Å². The van der Waals surface area contributed by atoms with Gasteiger partial charge < -0.3 is 15.4 Å². The Morgan fingerprint density at radius 1 is 1.30 bits per heavy atom. The average Bonchev–Trinajstić information content (AvgIpc) is 3.00. The standard InChI is InChI=1S/C19H20BrN5O2/c1-12(26)24-7-5-14(6-8-24)27-15-4-2-3-13(9-15)17-10-16(20)18-19(21)22-11-23-25(17)18/h2-4,9-11,14H,5-8H2,1H3,(H2,21,22,23). The number of carbonyl (C=O) groups is 1. The molecule has 0 spiro atoms. The van der Waals surface area contributed by atoms with E-state index in [9.17, 15) is 4.79 Å². The first kappa shape index (κ1) is 17.8. The van der Waals surface area contributed by atoms with Crippen LogP contribution in [0.15, 0.2) is 41.1 Å². The highest BCUT2D eigenvalue weighted by atomic mass is 79.9. The molecule has 3 heterocycles. The fourth-order valence-corrected chi connectivity index (χ4v) is 4.03. The number of halogens is 1. The third-order valence-electron chi connectivity index (χ3n) is 4.86. The maximum atomic E-state index is 11.5. The van der Waals surface area contributed by atoms with Crippen LogP contribution in [0.2, 0.25) is 0 Å². The van der Waals surface area contributed by atoms with E-state index in [1.807, 2.05) is 35.2 Å². The summed E-state index contributed by atoms with van der Waals surface area (Å²) in [7, 11) is 0. The molecule has 0 aliphatic carbocycles. The summed E-state index contributed by atoms with van der Waals surface area (Å²) < 4.78 is 8.79. The Bertz CT molecular complexity index is 995. The number of hydrogen-bond donors (Lipinski definition) is 1. The van der Waals surface area contributed by atoms with Crippen molar-refractivity contribution in [2.75, 3.05) is 18.8 Å². The maximum absolute atomic E-state index is 11.5. The number of aromatic nitrogens is 3. The summed E-state index contributed by atoms with van der Waals surface area (Å²) in [6.07, 6.45) is 3.24. The Kier molecular flexibility index (Phi) is 4.73. The fraction of sp³-hybridized carbons (Fsp3) is 0.316. The van der Waals surface area contributed by atoms with Crippen molar-refractivity contribution in [2.45, 2.75) is 25.9 Å². The number of rotatable bonds is 3. The number of nitrogens with zero attached hydrogens (tertiary/aromatic N) is 4. The second-order valence-corrected chi connectivity index (χ2v) is 7.49. The van der Waals surface area contributed by atoms with Gasteiger partial charge in [-0.1, -0.05) is 12.1 Å². The van der Waals surface area contributed by atoms with E-state index >= 15 is 0 Å². The molecule has 3 aromatic rings. The zero-order valence-corrected chi connectivity index (χ0v) is 16.5. The van der Waals surface area contributed by atoms with Crippen molar-refractivity contribution in [3.8, 4) is 17.0 Å². The highest BCUT2D eigenvalue weighted by Crippen LogP contribution is 2.33. The first-order valence-corrected chi connectivity index (χ1v) is 9.62. The first-order valence-electron chi connectivity index (χ1n) is 8.83. The molecule has 1 fully saturated rings. The van der Waals surface area contributed by atoms with Crippen LogP contribution in [0.3, 0.4) is 0 Å². The van der Waals surface area contributed by atoms with E-state index in [1.165, 1.54) is 6.33 Å². The van der Waals surface area contributed by atoms with Gasteiger partial charge in [0.15, 0.2) is 5.82 Å². The van der Waals surface area contributed by atoms with Gasteiger partial charge in [0.25, 0.3) is 0 Å². The van der Waals surface area contributed by atoms with Crippen molar-refractivity contribution < 1.29 is 9.53 Å². The van der Waals surface area contributed by atoms with Crippen LogP contribution in [-0.4, -0.2) is 44.6 Å². The predicted octanol–water partition coefficient (Wildman–Crippen LogP) is 3.13. The van der Waals surface area contributed by atoms with Crippen LogP contribution >= 0.6 is 15.9 Å². The number of benzene rings is 1. The predicted molar refractivity (Wildman–Crippen MR) is 106 cm³/mol. The molecule has 0 radical (unpaired) electrons. The molecule has 1 saturated heterocycles. The van der Waals surface area contributed by atoms with E-state index in [0.29, 0.717) is 5.82 Å². The first-order chi connectivity index (χ1) is 13.0. The minimum atomic E-state index is 0.115. The average molecular weight is 430 g/mol. The molecule has 2 aromatic heterocycles. The SMILES string of the molecule is CC(=O)N1CCC(Oc2cccc(-c3cc(Br)c4c(N)ncnn34)c2)CC1. The molecule has 0 saturated carbocycles. The van der Waals surface area contributed by atoms with Crippen molar-refractivity contribution >= 4 is 33.2 Å². The largest absolute Gasteiger partial charge is 0.490 e. The Labute approximate surface area is 165 Å². The summed E-state index contributed by atoms with van der Waals surface area (Å²) in [6, 6.07) is 9.91. The lowest BCUT2D eigenvalue weighted by molar-refractivity contribution is -0.130. The summed E-state index contributed by atoms with van der Waals surface area (Å²) in [6.45, 7) is 3.10. The highest BCUT2D eigenvalue weighted by Gasteiger charge is 2.22. The van der Waals surface area contributed by atoms with Gasteiger partial charge in [-0.05, 0) is 34.1 Å². The van der Waals surface area contributed by atoms with E-state index in [2.05, 4.69) is 26.0 Å². The van der Waals surface area contributed by atoms with Gasteiger partial charge in [-0.2, -0.15) is 5.10 Å². The number of anilines is 1. The Balaban J connectivity index is 1.57. The molecule has 0 bridgehead atoms. The molecular formula is C19H20BrN5O2. The van der Waals surface area contributed by atoms with Crippen LogP contribution < -0.4 is 10.5 Å². The summed E-state index contributed by atoms with van der Waals surface area (Å²) in [5, 5.41) is 4.33. The molecule has 0 atom stereocenters. The minimum absolute atomic E-state index is 0.115. The van der Waals surface area contributed by atoms with Crippen molar-refractivity contribution in [2.24, 2.45) is 0 Å². The van der Waals surface area contributed by atoms with E-state index in [1.54, 1.807) is 11.4 Å². The summed E-state index contributed by atoms with van der Waals surface area (Å²) in [5.74, 6) is 1.36. The summed E-state index contributed by atoms with van der Waals surface area (Å²) in [4.78, 5) is 17.4. The van der Waals surface area contributed by atoms with Crippen LogP contribution in [0.25, 0.3) is 16.8 Å². The molecule has 1 aliphatic rings. The van der Waals surface area contributed by atoms with Gasteiger partial charge in [0, 0.05) is 42.9 Å². The van der Waals surface area contributed by atoms with Gasteiger partial charge in [-0.3, -0.25) is 4.79 Å². The second kappa shape index (κ2) is 7.19. The number of piperidine rings is 1. The van der Waals surface area contributed by atoms with Crippen LogP contribution in [0.5, 0.6) is 5.75 Å². The van der Waals surface area contributed by atoms with Crippen LogP contribution in [0, 0.1) is 0 Å². The van der Waals surface area contributed by atoms with E-state index < -0.39 is 0 Å². The summed E-state index contributed by atoms with van der Waals surface area (Å²) >= 11 is 3.54. The monoisotopic (exact) mass is 429 g/mol. The molecule has 140 valence electrons. The number of hydrogen-bond acceptors (Lipinski definition) is 5. The molecule has 8 heteroatoms. The number of amides is 1. The van der Waals surface area contributed by atoms with E-state index in [0.717, 1.165) is 52.9 Å². The van der Waals surface area contributed by atoms with Crippen LogP contribution in [0.4, 0.5) is 5.82 Å². The molecule has 1 aromatic carbocycles. The van der Waals surface area contributed by atoms with Gasteiger partial charge >= 0.3 is 0 Å². The van der Waals surface area contributed by atoms with Gasteiger partial charge in [0.1, 0.15) is 23.7 Å². The Hall–Kier alpha value is -2.61. The topological polar surface area (TPSA) is 85.8 Å². The molecule has 2 N–H and O–H groups in total. The summed E-state index contributed by atoms with van der Waals surface area (Å²) in [5.41, 5.74) is 8.61. The normalized spacial score (nSPS) is 15.3. The lowest BCUT2D eigenvalue weighted by Gasteiger charge is -2.31. The van der Waals surface area contributed by atoms with Crippen molar-refractivity contribution in [3.63, 3.8) is 0 Å². The van der Waals surface area contributed by atoms with Crippen molar-refractivity contribution in [3.05, 3.63) is 41.1 Å². The zero-order valence-electron chi connectivity index (χ0n) is 14.9. The molecule has 1 aliphatic heterocycles. The third kappa shape index (κ3) is 3.49. The zero-order chi connectivity index (χ0) is 19.0. The molecular weight excluding hydrogens is 410 g/mol. The molecule has 27 heavy (non-hydrogen) atoms. The minimum Gasteiger partial charge on any atom is -0.490 e. The van der Waals surface area contributed by atoms with Gasteiger partial charge in [-0.25, -0.2) is 9.50 Å². The molecule has 1 amide bonds. The van der Waals surface area contributed by atoms with Gasteiger partial charge in [0.05, 0.1) is 5.69 Å². The quantitative estimate of drug-likeness (QED) is 0.690. The lowest BCUT2D eigenvalue weighted by Crippen LogP contribution is -2.40. The lowest BCUT2D eigenvalue weighted by atomic mass is 10.1. The molecule has 7 nitrogen and oxygen atoms in total. The van der Waals surface area contributed by atoms with Crippen molar-refractivity contribution in [1.29, 1.82) is 0 Å². The number of nitrogen functional groups attached to an aromatic ring is 1. The van der Waals surface area contributed by atoms with Gasteiger partial charge in [-0.15, -0.1) is 0 Å². The van der Waals surface area contributed by atoms with E-state index in [-0.39, 0.29) is 12.0 Å². The number of fused-ring (bicyclic) bond motifs is 1. The number of likely N-dealkylation sites (tertiary alicyclic amines) is 1. The Morgan fingerprint density at radius 2 is 2.07 bits per heavy atom. The third-order valence-corrected chi connectivity index (χ3v) is 5.46.